The molecule has 2 saturated heterocycles. The van der Waals surface area contributed by atoms with E-state index in [0.717, 1.165) is 44.4 Å². The van der Waals surface area contributed by atoms with Crippen molar-refractivity contribution in [2.45, 2.75) is 38.5 Å². The first-order valence-electron chi connectivity index (χ1n) is 7.20. The summed E-state index contributed by atoms with van der Waals surface area (Å²) in [5, 5.41) is 7.55. The number of rotatable bonds is 3. The Kier molecular flexibility index (Phi) is 3.78. The van der Waals surface area contributed by atoms with Crippen molar-refractivity contribution in [3.05, 3.63) is 5.89 Å². The first-order chi connectivity index (χ1) is 8.92. The Morgan fingerprint density at radius 1 is 1.22 bits per heavy atom. The number of hydrogen-bond acceptors (Lipinski definition) is 5. The third-order valence-electron chi connectivity index (χ3n) is 3.96. The zero-order chi connectivity index (χ0) is 12.2. The summed E-state index contributed by atoms with van der Waals surface area (Å²) in [6, 6.07) is 0. The standard InChI is InChI=1S/C13H22N4O/c1-2-7-17(8-3-1)13-15-12(18-16-13)9-11-5-4-6-14-10-11/h11,14H,1-10H2. The molecule has 0 amide bonds. The van der Waals surface area contributed by atoms with Crippen LogP contribution in [0.4, 0.5) is 5.95 Å². The highest BCUT2D eigenvalue weighted by Gasteiger charge is 2.20. The van der Waals surface area contributed by atoms with Crippen LogP contribution in [-0.2, 0) is 6.42 Å². The summed E-state index contributed by atoms with van der Waals surface area (Å²) in [5.74, 6) is 2.27. The molecule has 0 aliphatic carbocycles. The lowest BCUT2D eigenvalue weighted by Crippen LogP contribution is -2.31. The Morgan fingerprint density at radius 2 is 2.11 bits per heavy atom. The third kappa shape index (κ3) is 2.83. The maximum atomic E-state index is 5.39. The Labute approximate surface area is 108 Å². The van der Waals surface area contributed by atoms with Gasteiger partial charge in [-0.15, -0.1) is 0 Å². The van der Waals surface area contributed by atoms with E-state index in [2.05, 4.69) is 20.4 Å². The predicted molar refractivity (Wildman–Crippen MR) is 69.7 cm³/mol. The van der Waals surface area contributed by atoms with Crippen molar-refractivity contribution in [3.63, 3.8) is 0 Å². The maximum absolute atomic E-state index is 5.39. The van der Waals surface area contributed by atoms with Crippen molar-refractivity contribution in [2.24, 2.45) is 5.92 Å². The fraction of sp³-hybridized carbons (Fsp3) is 0.846. The monoisotopic (exact) mass is 250 g/mol. The van der Waals surface area contributed by atoms with E-state index in [1.165, 1.54) is 32.1 Å². The third-order valence-corrected chi connectivity index (χ3v) is 3.96. The van der Waals surface area contributed by atoms with Gasteiger partial charge in [0.15, 0.2) is 0 Å². The van der Waals surface area contributed by atoms with Crippen LogP contribution in [0.3, 0.4) is 0 Å². The number of hydrogen-bond donors (Lipinski definition) is 1. The minimum atomic E-state index is 0.661. The predicted octanol–water partition coefficient (Wildman–Crippen LogP) is 1.60. The van der Waals surface area contributed by atoms with E-state index in [-0.39, 0.29) is 0 Å². The second-order valence-electron chi connectivity index (χ2n) is 5.45. The molecule has 2 aliphatic rings. The van der Waals surface area contributed by atoms with Crippen LogP contribution in [-0.4, -0.2) is 36.3 Å². The highest BCUT2D eigenvalue weighted by Crippen LogP contribution is 2.19. The zero-order valence-corrected chi connectivity index (χ0v) is 10.9. The summed E-state index contributed by atoms with van der Waals surface area (Å²) in [6.45, 7) is 4.38. The molecule has 0 spiro atoms. The van der Waals surface area contributed by atoms with Gasteiger partial charge in [0, 0.05) is 19.5 Å². The molecule has 1 atom stereocenters. The van der Waals surface area contributed by atoms with Crippen molar-refractivity contribution in [3.8, 4) is 0 Å². The van der Waals surface area contributed by atoms with Gasteiger partial charge in [-0.2, -0.15) is 4.98 Å². The minimum absolute atomic E-state index is 0.661. The lowest BCUT2D eigenvalue weighted by molar-refractivity contribution is 0.315. The Balaban J connectivity index is 1.58. The molecule has 5 heteroatoms. The van der Waals surface area contributed by atoms with E-state index in [4.69, 9.17) is 4.52 Å². The lowest BCUT2D eigenvalue weighted by Gasteiger charge is -2.24. The molecule has 2 aliphatic heterocycles. The van der Waals surface area contributed by atoms with E-state index in [9.17, 15) is 0 Å². The van der Waals surface area contributed by atoms with Gasteiger partial charge in [0.05, 0.1) is 0 Å². The summed E-state index contributed by atoms with van der Waals surface area (Å²) < 4.78 is 5.39. The van der Waals surface area contributed by atoms with Gasteiger partial charge in [-0.05, 0) is 56.3 Å². The quantitative estimate of drug-likeness (QED) is 0.883. The molecule has 0 saturated carbocycles. The smallest absolute Gasteiger partial charge is 0.266 e. The van der Waals surface area contributed by atoms with Gasteiger partial charge in [-0.25, -0.2) is 0 Å². The first-order valence-corrected chi connectivity index (χ1v) is 7.20. The summed E-state index contributed by atoms with van der Waals surface area (Å²) in [7, 11) is 0. The number of nitrogens with one attached hydrogen (secondary N) is 1. The molecule has 18 heavy (non-hydrogen) atoms. The van der Waals surface area contributed by atoms with Crippen molar-refractivity contribution in [1.82, 2.24) is 15.5 Å². The summed E-state index contributed by atoms with van der Waals surface area (Å²) >= 11 is 0. The average molecular weight is 250 g/mol. The van der Waals surface area contributed by atoms with Crippen LogP contribution in [0.1, 0.15) is 38.0 Å². The van der Waals surface area contributed by atoms with Crippen LogP contribution in [0.15, 0.2) is 4.52 Å². The normalized spacial score (nSPS) is 25.3. The molecule has 2 fully saturated rings. The van der Waals surface area contributed by atoms with Gasteiger partial charge >= 0.3 is 0 Å². The molecule has 0 aromatic carbocycles. The van der Waals surface area contributed by atoms with Crippen LogP contribution in [0.2, 0.25) is 0 Å². The Hall–Kier alpha value is -1.10. The van der Waals surface area contributed by atoms with Gasteiger partial charge < -0.3 is 14.7 Å². The van der Waals surface area contributed by atoms with E-state index in [1.807, 2.05) is 0 Å². The largest absolute Gasteiger partial charge is 0.338 e. The Bertz CT molecular complexity index is 367. The van der Waals surface area contributed by atoms with Gasteiger partial charge in [-0.3, -0.25) is 0 Å². The zero-order valence-electron chi connectivity index (χ0n) is 10.9. The highest BCUT2D eigenvalue weighted by atomic mass is 16.5. The van der Waals surface area contributed by atoms with E-state index in [1.54, 1.807) is 0 Å². The number of anilines is 1. The SMILES string of the molecule is C1CCN(c2noc(CC3CCCNC3)n2)CC1. The van der Waals surface area contributed by atoms with Crippen molar-refractivity contribution < 1.29 is 4.52 Å². The molecule has 0 bridgehead atoms. The topological polar surface area (TPSA) is 54.2 Å². The van der Waals surface area contributed by atoms with Crippen LogP contribution in [0.25, 0.3) is 0 Å². The van der Waals surface area contributed by atoms with Crippen LogP contribution in [0, 0.1) is 5.92 Å². The van der Waals surface area contributed by atoms with Crippen LogP contribution < -0.4 is 10.2 Å². The molecule has 1 N–H and O–H groups in total. The number of nitrogens with zero attached hydrogens (tertiary/aromatic N) is 3. The maximum Gasteiger partial charge on any atom is 0.266 e. The van der Waals surface area contributed by atoms with Crippen LogP contribution >= 0.6 is 0 Å². The van der Waals surface area contributed by atoms with Gasteiger partial charge in [0.1, 0.15) is 0 Å². The van der Waals surface area contributed by atoms with Gasteiger partial charge in [-0.1, -0.05) is 0 Å². The van der Waals surface area contributed by atoms with E-state index in [0.29, 0.717) is 5.92 Å². The molecule has 5 nitrogen and oxygen atoms in total. The van der Waals surface area contributed by atoms with Gasteiger partial charge in [0.25, 0.3) is 5.95 Å². The van der Waals surface area contributed by atoms with E-state index < -0.39 is 0 Å². The minimum Gasteiger partial charge on any atom is -0.338 e. The molecular formula is C13H22N4O. The molecule has 3 rings (SSSR count). The van der Waals surface area contributed by atoms with Crippen molar-refractivity contribution >= 4 is 5.95 Å². The summed E-state index contributed by atoms with van der Waals surface area (Å²) in [6.07, 6.45) is 7.28. The van der Waals surface area contributed by atoms with Crippen molar-refractivity contribution in [2.75, 3.05) is 31.1 Å². The molecule has 1 aromatic heterocycles. The highest BCUT2D eigenvalue weighted by molar-refractivity contribution is 5.28. The van der Waals surface area contributed by atoms with Crippen molar-refractivity contribution in [1.29, 1.82) is 0 Å². The van der Waals surface area contributed by atoms with Crippen LogP contribution in [0.5, 0.6) is 0 Å². The summed E-state index contributed by atoms with van der Waals surface area (Å²) in [4.78, 5) is 6.79. The lowest BCUT2D eigenvalue weighted by atomic mass is 9.96. The molecule has 100 valence electrons. The molecule has 1 aromatic rings. The van der Waals surface area contributed by atoms with Gasteiger partial charge in [0.2, 0.25) is 5.89 Å². The van der Waals surface area contributed by atoms with E-state index >= 15 is 0 Å². The Morgan fingerprint density at radius 3 is 2.89 bits per heavy atom. The number of aromatic nitrogens is 2. The molecular weight excluding hydrogens is 228 g/mol. The second-order valence-corrected chi connectivity index (χ2v) is 5.45. The fourth-order valence-electron chi connectivity index (χ4n) is 2.90. The molecule has 0 radical (unpaired) electrons. The molecule has 1 unspecified atom stereocenters. The fourth-order valence-corrected chi connectivity index (χ4v) is 2.90. The molecule has 3 heterocycles. The first kappa shape index (κ1) is 12.0. The summed E-state index contributed by atoms with van der Waals surface area (Å²) in [5.41, 5.74) is 0. The second kappa shape index (κ2) is 5.69. The number of piperidine rings is 2. The average Bonchev–Trinajstić information content (AvgIpc) is 2.89.